The van der Waals surface area contributed by atoms with E-state index >= 15 is 0 Å². The molecular weight excluding hydrogens is 356 g/mol. The maximum Gasteiger partial charge on any atom is 0.251 e. The summed E-state index contributed by atoms with van der Waals surface area (Å²) in [6.07, 6.45) is 4.13. The first-order chi connectivity index (χ1) is 13.6. The molecule has 0 heterocycles. The Bertz CT molecular complexity index is 742. The zero-order valence-electron chi connectivity index (χ0n) is 16.5. The molecule has 2 N–H and O–H groups in total. The Kier molecular flexibility index (Phi) is 8.85. The van der Waals surface area contributed by atoms with Gasteiger partial charge in [-0.3, -0.25) is 9.59 Å². The van der Waals surface area contributed by atoms with Crippen LogP contribution in [0.5, 0.6) is 11.5 Å². The van der Waals surface area contributed by atoms with Crippen LogP contribution < -0.4 is 20.1 Å². The van der Waals surface area contributed by atoms with Gasteiger partial charge in [-0.15, -0.1) is 0 Å². The topological polar surface area (TPSA) is 76.7 Å². The highest BCUT2D eigenvalue weighted by atomic mass is 16.5. The van der Waals surface area contributed by atoms with Gasteiger partial charge in [-0.1, -0.05) is 12.8 Å². The number of unbranched alkanes of at least 4 members (excludes halogenated alkanes) is 3. The molecule has 2 amide bonds. The molecule has 0 aromatic heterocycles. The lowest BCUT2D eigenvalue weighted by molar-refractivity contribution is -0.116. The Morgan fingerprint density at radius 3 is 1.96 bits per heavy atom. The van der Waals surface area contributed by atoms with E-state index in [1.165, 1.54) is 0 Å². The summed E-state index contributed by atoms with van der Waals surface area (Å²) in [4.78, 5) is 24.0. The van der Waals surface area contributed by atoms with Gasteiger partial charge in [-0.25, -0.2) is 0 Å². The maximum absolute atomic E-state index is 12.0. The Hall–Kier alpha value is -3.02. The van der Waals surface area contributed by atoms with Crippen molar-refractivity contribution in [3.63, 3.8) is 0 Å². The molecule has 0 bridgehead atoms. The number of amides is 2. The average Bonchev–Trinajstić information content (AvgIpc) is 2.73. The third-order valence-electron chi connectivity index (χ3n) is 4.34. The van der Waals surface area contributed by atoms with E-state index in [4.69, 9.17) is 9.47 Å². The molecule has 0 atom stereocenters. The fourth-order valence-electron chi connectivity index (χ4n) is 2.71. The molecule has 28 heavy (non-hydrogen) atoms. The van der Waals surface area contributed by atoms with Gasteiger partial charge in [0.2, 0.25) is 5.91 Å². The monoisotopic (exact) mass is 384 g/mol. The SMILES string of the molecule is COc1ccc(NC(=O)CCCCCCNC(=O)c2ccc(OC)cc2)cc1. The summed E-state index contributed by atoms with van der Waals surface area (Å²) in [5.74, 6) is 1.42. The van der Waals surface area contributed by atoms with Crippen molar-refractivity contribution in [2.75, 3.05) is 26.1 Å². The summed E-state index contributed by atoms with van der Waals surface area (Å²) >= 11 is 0. The molecule has 0 unspecified atom stereocenters. The summed E-state index contributed by atoms with van der Waals surface area (Å²) in [7, 11) is 3.20. The van der Waals surface area contributed by atoms with Crippen LogP contribution in [-0.4, -0.2) is 32.6 Å². The summed E-state index contributed by atoms with van der Waals surface area (Å²) in [5.41, 5.74) is 1.39. The normalized spacial score (nSPS) is 10.2. The van der Waals surface area contributed by atoms with Crippen molar-refractivity contribution in [1.29, 1.82) is 0 Å². The van der Waals surface area contributed by atoms with E-state index in [0.717, 1.165) is 42.9 Å². The largest absolute Gasteiger partial charge is 0.497 e. The number of methoxy groups -OCH3 is 2. The van der Waals surface area contributed by atoms with E-state index in [9.17, 15) is 9.59 Å². The molecule has 0 fully saturated rings. The van der Waals surface area contributed by atoms with Gasteiger partial charge in [0.25, 0.3) is 5.91 Å². The molecule has 0 aliphatic heterocycles. The Morgan fingerprint density at radius 2 is 1.36 bits per heavy atom. The third-order valence-corrected chi connectivity index (χ3v) is 4.34. The third kappa shape index (κ3) is 7.31. The Labute approximate surface area is 166 Å². The maximum atomic E-state index is 12.0. The molecule has 0 saturated heterocycles. The molecular formula is C22H28N2O4. The number of ether oxygens (including phenoxy) is 2. The Balaban J connectivity index is 1.53. The summed E-state index contributed by atoms with van der Waals surface area (Å²) in [6.45, 7) is 0.628. The minimum absolute atomic E-state index is 0.0120. The first-order valence-electron chi connectivity index (χ1n) is 9.48. The zero-order chi connectivity index (χ0) is 20.2. The van der Waals surface area contributed by atoms with Crippen molar-refractivity contribution >= 4 is 17.5 Å². The van der Waals surface area contributed by atoms with Crippen molar-refractivity contribution in [3.05, 3.63) is 54.1 Å². The van der Waals surface area contributed by atoms with Crippen LogP contribution in [-0.2, 0) is 4.79 Å². The van der Waals surface area contributed by atoms with Crippen LogP contribution in [0.15, 0.2) is 48.5 Å². The van der Waals surface area contributed by atoms with E-state index in [0.29, 0.717) is 18.5 Å². The van der Waals surface area contributed by atoms with Gasteiger partial charge >= 0.3 is 0 Å². The van der Waals surface area contributed by atoms with Gasteiger partial charge in [-0.2, -0.15) is 0 Å². The number of benzene rings is 2. The summed E-state index contributed by atoms with van der Waals surface area (Å²) < 4.78 is 10.2. The second-order valence-electron chi connectivity index (χ2n) is 6.43. The highest BCUT2D eigenvalue weighted by Gasteiger charge is 2.05. The fourth-order valence-corrected chi connectivity index (χ4v) is 2.71. The smallest absolute Gasteiger partial charge is 0.251 e. The molecule has 0 spiro atoms. The minimum Gasteiger partial charge on any atom is -0.497 e. The predicted octanol–water partition coefficient (Wildman–Crippen LogP) is 4.02. The van der Waals surface area contributed by atoms with Crippen LogP contribution >= 0.6 is 0 Å². The Morgan fingerprint density at radius 1 is 0.786 bits per heavy atom. The lowest BCUT2D eigenvalue weighted by atomic mass is 10.1. The molecule has 0 aliphatic rings. The molecule has 2 rings (SSSR count). The van der Waals surface area contributed by atoms with E-state index in [2.05, 4.69) is 10.6 Å². The predicted molar refractivity (Wildman–Crippen MR) is 110 cm³/mol. The lowest BCUT2D eigenvalue weighted by Gasteiger charge is -2.07. The van der Waals surface area contributed by atoms with Crippen molar-refractivity contribution in [2.24, 2.45) is 0 Å². The summed E-state index contributed by atoms with van der Waals surface area (Å²) in [6, 6.07) is 14.3. The standard InChI is InChI=1S/C22H28N2O4/c1-27-19-12-8-17(9-13-19)22(26)23-16-6-4-3-5-7-21(25)24-18-10-14-20(28-2)15-11-18/h8-15H,3-7,16H2,1-2H3,(H,23,26)(H,24,25). The lowest BCUT2D eigenvalue weighted by Crippen LogP contribution is -2.24. The van der Waals surface area contributed by atoms with Crippen LogP contribution in [0.3, 0.4) is 0 Å². The van der Waals surface area contributed by atoms with Crippen LogP contribution in [0.25, 0.3) is 0 Å². The molecule has 0 saturated carbocycles. The van der Waals surface area contributed by atoms with Crippen LogP contribution in [0.2, 0.25) is 0 Å². The van der Waals surface area contributed by atoms with Gasteiger partial charge in [0.15, 0.2) is 0 Å². The van der Waals surface area contributed by atoms with Crippen molar-refractivity contribution < 1.29 is 19.1 Å². The van der Waals surface area contributed by atoms with Gasteiger partial charge in [0.05, 0.1) is 14.2 Å². The van der Waals surface area contributed by atoms with Gasteiger partial charge < -0.3 is 20.1 Å². The molecule has 6 nitrogen and oxygen atoms in total. The number of nitrogens with one attached hydrogen (secondary N) is 2. The van der Waals surface area contributed by atoms with E-state index in [1.807, 2.05) is 24.3 Å². The van der Waals surface area contributed by atoms with Gasteiger partial charge in [-0.05, 0) is 61.4 Å². The van der Waals surface area contributed by atoms with Crippen LogP contribution in [0.1, 0.15) is 42.5 Å². The second kappa shape index (κ2) is 11.6. The van der Waals surface area contributed by atoms with Gasteiger partial charge in [0, 0.05) is 24.2 Å². The number of rotatable bonds is 11. The zero-order valence-corrected chi connectivity index (χ0v) is 16.5. The van der Waals surface area contributed by atoms with E-state index < -0.39 is 0 Å². The second-order valence-corrected chi connectivity index (χ2v) is 6.43. The average molecular weight is 384 g/mol. The van der Waals surface area contributed by atoms with Crippen LogP contribution in [0, 0.1) is 0 Å². The fraction of sp³-hybridized carbons (Fsp3) is 0.364. The number of hydrogen-bond donors (Lipinski definition) is 2. The highest BCUT2D eigenvalue weighted by Crippen LogP contribution is 2.15. The van der Waals surface area contributed by atoms with E-state index in [-0.39, 0.29) is 11.8 Å². The molecule has 2 aromatic carbocycles. The highest BCUT2D eigenvalue weighted by molar-refractivity contribution is 5.94. The number of anilines is 1. The quantitative estimate of drug-likeness (QED) is 0.574. The molecule has 6 heteroatoms. The minimum atomic E-state index is -0.0819. The van der Waals surface area contributed by atoms with Crippen molar-refractivity contribution in [1.82, 2.24) is 5.32 Å². The summed E-state index contributed by atoms with van der Waals surface area (Å²) in [5, 5.41) is 5.78. The van der Waals surface area contributed by atoms with E-state index in [1.54, 1.807) is 38.5 Å². The van der Waals surface area contributed by atoms with Crippen LogP contribution in [0.4, 0.5) is 5.69 Å². The first-order valence-corrected chi connectivity index (χ1v) is 9.48. The molecule has 0 aliphatic carbocycles. The van der Waals surface area contributed by atoms with Crippen molar-refractivity contribution in [2.45, 2.75) is 32.1 Å². The first kappa shape index (κ1) is 21.3. The number of hydrogen-bond acceptors (Lipinski definition) is 4. The van der Waals surface area contributed by atoms with Gasteiger partial charge in [0.1, 0.15) is 11.5 Å². The number of carbonyl (C=O) groups excluding carboxylic acids is 2. The number of carbonyl (C=O) groups is 2. The molecule has 0 radical (unpaired) electrons. The molecule has 2 aromatic rings. The van der Waals surface area contributed by atoms with Crippen molar-refractivity contribution in [3.8, 4) is 11.5 Å². The molecule has 150 valence electrons.